The third-order valence-corrected chi connectivity index (χ3v) is 7.10. The van der Waals surface area contributed by atoms with Crippen molar-refractivity contribution in [1.82, 2.24) is 15.3 Å². The summed E-state index contributed by atoms with van der Waals surface area (Å²) in [6.07, 6.45) is 1.01. The molecule has 2 atom stereocenters. The number of hydrogen-bond acceptors (Lipinski definition) is 6. The van der Waals surface area contributed by atoms with Gasteiger partial charge in [0.2, 0.25) is 11.8 Å². The Hall–Kier alpha value is -3.04. The lowest BCUT2D eigenvalue weighted by molar-refractivity contribution is -0.141. The zero-order valence-corrected chi connectivity index (χ0v) is 20.4. The largest absolute Gasteiger partial charge is 0.480 e. The molecule has 0 saturated carbocycles. The number of nitrogens with one attached hydrogen (secondary N) is 2. The molecule has 35 heavy (non-hydrogen) atoms. The lowest BCUT2D eigenvalue weighted by Gasteiger charge is -2.29. The van der Waals surface area contributed by atoms with Crippen LogP contribution in [-0.2, 0) is 41.2 Å². The monoisotopic (exact) mass is 503 g/mol. The molecule has 2 aromatic rings. The Balaban J connectivity index is 1.68. The minimum Gasteiger partial charge on any atom is -0.480 e. The third kappa shape index (κ3) is 8.00. The molecule has 3 rings (SSSR count). The molecule has 188 valence electrons. The van der Waals surface area contributed by atoms with Gasteiger partial charge in [-0.1, -0.05) is 60.7 Å². The number of hydrogen-bond donors (Lipinski definition) is 3. The second kappa shape index (κ2) is 12.6. The highest BCUT2D eigenvalue weighted by Crippen LogP contribution is 2.46. The number of nitrogens with zero attached hydrogens (tertiary/aromatic N) is 1. The van der Waals surface area contributed by atoms with Crippen molar-refractivity contribution in [3.05, 3.63) is 71.8 Å². The summed E-state index contributed by atoms with van der Waals surface area (Å²) < 4.78 is 24.9. The Kier molecular flexibility index (Phi) is 9.56. The van der Waals surface area contributed by atoms with Crippen molar-refractivity contribution in [2.24, 2.45) is 0 Å². The fourth-order valence-corrected chi connectivity index (χ4v) is 5.15. The standard InChI is InChI=1S/C24H30N3O7P/c1-18(24(31)27-14-8-13-21(27)23(30)25-15-22(28)29)26-35(32,33-16-19-9-4-2-5-10-19)34-17-20-11-6-3-7-12-20/h2-7,9-12,18,21H,8,13-17H2,1H3,(H,25,30)(H,26,32)(H,28,29). The van der Waals surface area contributed by atoms with Crippen molar-refractivity contribution < 1.29 is 33.1 Å². The number of amides is 2. The maximum atomic E-state index is 13.6. The van der Waals surface area contributed by atoms with Crippen molar-refractivity contribution in [2.45, 2.75) is 45.1 Å². The number of carbonyl (C=O) groups is 3. The lowest BCUT2D eigenvalue weighted by atomic mass is 10.2. The first-order valence-electron chi connectivity index (χ1n) is 11.3. The van der Waals surface area contributed by atoms with Crippen molar-refractivity contribution in [1.29, 1.82) is 0 Å². The molecule has 0 spiro atoms. The van der Waals surface area contributed by atoms with Gasteiger partial charge in [-0.2, -0.15) is 0 Å². The summed E-state index contributed by atoms with van der Waals surface area (Å²) >= 11 is 0. The summed E-state index contributed by atoms with van der Waals surface area (Å²) in [4.78, 5) is 37.7. The molecule has 0 aromatic heterocycles. The van der Waals surface area contributed by atoms with E-state index in [4.69, 9.17) is 14.2 Å². The van der Waals surface area contributed by atoms with Gasteiger partial charge < -0.3 is 15.3 Å². The van der Waals surface area contributed by atoms with Crippen LogP contribution in [0.5, 0.6) is 0 Å². The summed E-state index contributed by atoms with van der Waals surface area (Å²) in [5, 5.41) is 13.8. The van der Waals surface area contributed by atoms with Crippen molar-refractivity contribution in [3.8, 4) is 0 Å². The maximum absolute atomic E-state index is 13.6. The molecule has 2 aromatic carbocycles. The summed E-state index contributed by atoms with van der Waals surface area (Å²) in [5.74, 6) is -2.16. The molecular formula is C24H30N3O7P. The van der Waals surface area contributed by atoms with Crippen LogP contribution >= 0.6 is 7.75 Å². The zero-order chi connectivity index (χ0) is 25.3. The number of rotatable bonds is 12. The van der Waals surface area contributed by atoms with Crippen LogP contribution in [0.15, 0.2) is 60.7 Å². The molecule has 1 heterocycles. The number of carboxylic acid groups (broad SMARTS) is 1. The van der Waals surface area contributed by atoms with E-state index in [1.54, 1.807) is 0 Å². The highest BCUT2D eigenvalue weighted by molar-refractivity contribution is 7.51. The number of carboxylic acids is 1. The normalized spacial score (nSPS) is 16.6. The number of aliphatic carboxylic acids is 1. The molecule has 3 N–H and O–H groups in total. The van der Waals surface area contributed by atoms with E-state index >= 15 is 0 Å². The van der Waals surface area contributed by atoms with E-state index in [9.17, 15) is 18.9 Å². The van der Waals surface area contributed by atoms with Gasteiger partial charge in [-0.05, 0) is 30.9 Å². The number of likely N-dealkylation sites (tertiary alicyclic amines) is 1. The Morgan fingerprint density at radius 3 is 2.09 bits per heavy atom. The van der Waals surface area contributed by atoms with Gasteiger partial charge in [0.05, 0.1) is 19.3 Å². The van der Waals surface area contributed by atoms with Crippen LogP contribution in [-0.4, -0.2) is 53.0 Å². The predicted octanol–water partition coefficient (Wildman–Crippen LogP) is 2.70. The van der Waals surface area contributed by atoms with Crippen LogP contribution < -0.4 is 10.4 Å². The van der Waals surface area contributed by atoms with Crippen molar-refractivity contribution in [2.75, 3.05) is 13.1 Å². The summed E-state index contributed by atoms with van der Waals surface area (Å²) in [5.41, 5.74) is 1.57. The average molecular weight is 503 g/mol. The van der Waals surface area contributed by atoms with Crippen LogP contribution in [0, 0.1) is 0 Å². The zero-order valence-electron chi connectivity index (χ0n) is 19.5. The highest BCUT2D eigenvalue weighted by atomic mass is 31.2. The van der Waals surface area contributed by atoms with Gasteiger partial charge in [0.15, 0.2) is 0 Å². The first kappa shape index (κ1) is 26.6. The van der Waals surface area contributed by atoms with Gasteiger partial charge in [0, 0.05) is 6.54 Å². The van der Waals surface area contributed by atoms with Crippen LogP contribution in [0.25, 0.3) is 0 Å². The van der Waals surface area contributed by atoms with Gasteiger partial charge in [0.1, 0.15) is 12.6 Å². The molecular weight excluding hydrogens is 473 g/mol. The van der Waals surface area contributed by atoms with E-state index in [0.717, 1.165) is 11.1 Å². The number of carbonyl (C=O) groups excluding carboxylic acids is 2. The Morgan fingerprint density at radius 1 is 1.03 bits per heavy atom. The minimum absolute atomic E-state index is 0.00471. The van der Waals surface area contributed by atoms with Crippen molar-refractivity contribution >= 4 is 25.5 Å². The fourth-order valence-electron chi connectivity index (χ4n) is 3.70. The Labute approximate surface area is 204 Å². The van der Waals surface area contributed by atoms with E-state index in [0.29, 0.717) is 19.4 Å². The van der Waals surface area contributed by atoms with Crippen LogP contribution in [0.4, 0.5) is 0 Å². The summed E-state index contributed by atoms with van der Waals surface area (Å²) in [7, 11) is -3.95. The van der Waals surface area contributed by atoms with Gasteiger partial charge >= 0.3 is 13.7 Å². The second-order valence-electron chi connectivity index (χ2n) is 8.17. The fraction of sp³-hybridized carbons (Fsp3) is 0.375. The Morgan fingerprint density at radius 2 is 1.57 bits per heavy atom. The Bertz CT molecular complexity index is 1000. The quantitative estimate of drug-likeness (QED) is 0.377. The second-order valence-corrected chi connectivity index (χ2v) is 9.94. The molecule has 2 amide bonds. The minimum atomic E-state index is -3.95. The lowest BCUT2D eigenvalue weighted by Crippen LogP contribution is -2.51. The van der Waals surface area contributed by atoms with Gasteiger partial charge in [-0.3, -0.25) is 23.4 Å². The van der Waals surface area contributed by atoms with E-state index in [1.807, 2.05) is 60.7 Å². The van der Waals surface area contributed by atoms with Crippen LogP contribution in [0.3, 0.4) is 0 Å². The molecule has 0 radical (unpaired) electrons. The predicted molar refractivity (Wildman–Crippen MR) is 128 cm³/mol. The molecule has 11 heteroatoms. The molecule has 0 bridgehead atoms. The first-order chi connectivity index (χ1) is 16.8. The smallest absolute Gasteiger partial charge is 0.406 e. The molecule has 10 nitrogen and oxygen atoms in total. The van der Waals surface area contributed by atoms with Crippen LogP contribution in [0.1, 0.15) is 30.9 Å². The van der Waals surface area contributed by atoms with E-state index in [1.165, 1.54) is 11.8 Å². The molecule has 2 unspecified atom stereocenters. The molecule has 1 aliphatic rings. The molecule has 0 aliphatic carbocycles. The van der Waals surface area contributed by atoms with Gasteiger partial charge in [-0.25, -0.2) is 9.65 Å². The summed E-state index contributed by atoms with van der Waals surface area (Å²) in [6.45, 7) is 1.34. The topological polar surface area (TPSA) is 134 Å². The van der Waals surface area contributed by atoms with Gasteiger partial charge in [0.25, 0.3) is 0 Å². The maximum Gasteiger partial charge on any atom is 0.406 e. The van der Waals surface area contributed by atoms with E-state index < -0.39 is 44.2 Å². The molecule has 1 saturated heterocycles. The van der Waals surface area contributed by atoms with E-state index in [-0.39, 0.29) is 13.2 Å². The summed E-state index contributed by atoms with van der Waals surface area (Å²) in [6, 6.07) is 16.5. The van der Waals surface area contributed by atoms with Crippen molar-refractivity contribution in [3.63, 3.8) is 0 Å². The highest BCUT2D eigenvalue weighted by Gasteiger charge is 2.38. The molecule has 1 aliphatic heterocycles. The average Bonchev–Trinajstić information content (AvgIpc) is 3.36. The first-order valence-corrected chi connectivity index (χ1v) is 12.9. The SMILES string of the molecule is CC(NP(=O)(OCc1ccccc1)OCc1ccccc1)C(=O)N1CCCC1C(=O)NCC(=O)O. The van der Waals surface area contributed by atoms with Gasteiger partial charge in [-0.15, -0.1) is 0 Å². The van der Waals surface area contributed by atoms with E-state index in [2.05, 4.69) is 10.4 Å². The number of benzene rings is 2. The van der Waals surface area contributed by atoms with Crippen LogP contribution in [0.2, 0.25) is 0 Å². The third-order valence-electron chi connectivity index (χ3n) is 5.46. The molecule has 1 fully saturated rings.